The van der Waals surface area contributed by atoms with Crippen LogP contribution in [0.2, 0.25) is 0 Å². The van der Waals surface area contributed by atoms with E-state index in [0.717, 1.165) is 24.8 Å². The van der Waals surface area contributed by atoms with Crippen LogP contribution in [0.15, 0.2) is 4.52 Å². The average Bonchev–Trinajstić information content (AvgIpc) is 3.24. The Balaban J connectivity index is 1.54. The van der Waals surface area contributed by atoms with E-state index in [1.807, 2.05) is 0 Å². The van der Waals surface area contributed by atoms with Crippen LogP contribution in [0.5, 0.6) is 0 Å². The van der Waals surface area contributed by atoms with Gasteiger partial charge in [0.15, 0.2) is 6.29 Å². The van der Waals surface area contributed by atoms with Gasteiger partial charge in [-0.3, -0.25) is 9.48 Å². The van der Waals surface area contributed by atoms with Crippen molar-refractivity contribution in [2.45, 2.75) is 44.1 Å². The van der Waals surface area contributed by atoms with Crippen LogP contribution in [0.4, 0.5) is 5.82 Å². The molecule has 0 aromatic carbocycles. The number of hydrogen-bond donors (Lipinski definition) is 2. The number of nitrogens with zero attached hydrogens (tertiary/aromatic N) is 4. The first-order chi connectivity index (χ1) is 11.4. The summed E-state index contributed by atoms with van der Waals surface area (Å²) in [4.78, 5) is 15.6. The number of carbonyl (C=O) groups excluding carboxylic acids is 1. The Kier molecular flexibility index (Phi) is 3.28. The number of aryl methyl sites for hydroxylation is 2. The van der Waals surface area contributed by atoms with Crippen LogP contribution >= 0.6 is 0 Å². The SMILES string of the molecule is Cc1nc(C2(O)CC3CC(c4nn(C)c(N)c4C=O)CC3C2)no1. The third-order valence-electron chi connectivity index (χ3n) is 5.65. The number of nitrogens with two attached hydrogens (primary N) is 1. The molecular formula is C16H21N5O3. The summed E-state index contributed by atoms with van der Waals surface area (Å²) >= 11 is 0. The molecule has 0 radical (unpaired) electrons. The zero-order valence-electron chi connectivity index (χ0n) is 13.8. The van der Waals surface area contributed by atoms with Crippen molar-refractivity contribution >= 4 is 12.1 Å². The predicted octanol–water partition coefficient (Wildman–Crippen LogP) is 1.30. The van der Waals surface area contributed by atoms with Gasteiger partial charge in [-0.1, -0.05) is 5.16 Å². The van der Waals surface area contributed by atoms with E-state index in [4.69, 9.17) is 10.3 Å². The van der Waals surface area contributed by atoms with E-state index in [1.165, 1.54) is 0 Å². The molecule has 128 valence electrons. The molecule has 0 aliphatic heterocycles. The zero-order valence-corrected chi connectivity index (χ0v) is 13.8. The molecule has 8 nitrogen and oxygen atoms in total. The van der Waals surface area contributed by atoms with E-state index in [9.17, 15) is 9.90 Å². The smallest absolute Gasteiger partial charge is 0.223 e. The average molecular weight is 331 g/mol. The summed E-state index contributed by atoms with van der Waals surface area (Å²) in [5.74, 6) is 2.20. The fourth-order valence-corrected chi connectivity index (χ4v) is 4.55. The van der Waals surface area contributed by atoms with E-state index < -0.39 is 5.60 Å². The summed E-state index contributed by atoms with van der Waals surface area (Å²) in [6.45, 7) is 1.72. The fraction of sp³-hybridized carbons (Fsp3) is 0.625. The molecule has 2 heterocycles. The van der Waals surface area contributed by atoms with Crippen LogP contribution in [0, 0.1) is 18.8 Å². The zero-order chi connectivity index (χ0) is 17.1. The number of carbonyl (C=O) groups is 1. The summed E-state index contributed by atoms with van der Waals surface area (Å²) in [6, 6.07) is 0. The van der Waals surface area contributed by atoms with Crippen LogP contribution in [0.3, 0.4) is 0 Å². The van der Waals surface area contributed by atoms with Crippen molar-refractivity contribution in [2.24, 2.45) is 18.9 Å². The lowest BCUT2D eigenvalue weighted by atomic mass is 9.91. The topological polar surface area (TPSA) is 120 Å². The minimum atomic E-state index is -1.01. The van der Waals surface area contributed by atoms with E-state index >= 15 is 0 Å². The molecule has 2 aromatic rings. The number of aldehydes is 1. The molecule has 2 aliphatic rings. The van der Waals surface area contributed by atoms with Crippen LogP contribution in [0.1, 0.15) is 59.4 Å². The normalized spacial score (nSPS) is 32.2. The molecule has 2 aromatic heterocycles. The van der Waals surface area contributed by atoms with Crippen molar-refractivity contribution in [1.82, 2.24) is 19.9 Å². The quantitative estimate of drug-likeness (QED) is 0.813. The summed E-state index contributed by atoms with van der Waals surface area (Å²) in [6.07, 6.45) is 3.81. The van der Waals surface area contributed by atoms with Crippen molar-refractivity contribution in [3.8, 4) is 0 Å². The fourth-order valence-electron chi connectivity index (χ4n) is 4.55. The van der Waals surface area contributed by atoms with Crippen LogP contribution in [-0.4, -0.2) is 31.3 Å². The van der Waals surface area contributed by atoms with Crippen molar-refractivity contribution in [2.75, 3.05) is 5.73 Å². The maximum Gasteiger partial charge on any atom is 0.223 e. The van der Waals surface area contributed by atoms with Gasteiger partial charge in [-0.2, -0.15) is 10.1 Å². The Morgan fingerprint density at radius 3 is 2.58 bits per heavy atom. The molecule has 0 saturated heterocycles. The molecule has 0 amide bonds. The maximum atomic E-state index is 11.4. The maximum absolute atomic E-state index is 11.4. The first-order valence-corrected chi connectivity index (χ1v) is 8.22. The molecular weight excluding hydrogens is 310 g/mol. The van der Waals surface area contributed by atoms with Gasteiger partial charge in [0.05, 0.1) is 11.3 Å². The number of fused-ring (bicyclic) bond motifs is 1. The first-order valence-electron chi connectivity index (χ1n) is 8.22. The Hall–Kier alpha value is -2.22. The largest absolute Gasteiger partial charge is 0.383 e. The highest BCUT2D eigenvalue weighted by Gasteiger charge is 2.52. The molecule has 8 heteroatoms. The van der Waals surface area contributed by atoms with Crippen molar-refractivity contribution in [3.63, 3.8) is 0 Å². The Labute approximate surface area is 139 Å². The second-order valence-corrected chi connectivity index (χ2v) is 7.19. The Morgan fingerprint density at radius 2 is 2.04 bits per heavy atom. The van der Waals surface area contributed by atoms with Crippen LogP contribution < -0.4 is 5.73 Å². The highest BCUT2D eigenvalue weighted by atomic mass is 16.5. The first kappa shape index (κ1) is 15.3. The third-order valence-corrected chi connectivity index (χ3v) is 5.65. The van der Waals surface area contributed by atoms with Gasteiger partial charge >= 0.3 is 0 Å². The van der Waals surface area contributed by atoms with Gasteiger partial charge in [-0.15, -0.1) is 0 Å². The minimum absolute atomic E-state index is 0.209. The number of aromatic nitrogens is 4. The Bertz CT molecular complexity index is 782. The molecule has 2 unspecified atom stereocenters. The summed E-state index contributed by atoms with van der Waals surface area (Å²) < 4.78 is 6.58. The number of hydrogen-bond acceptors (Lipinski definition) is 7. The highest BCUT2D eigenvalue weighted by Crippen LogP contribution is 2.56. The van der Waals surface area contributed by atoms with E-state index in [1.54, 1.807) is 18.7 Å². The lowest BCUT2D eigenvalue weighted by Gasteiger charge is -2.20. The molecule has 4 rings (SSSR count). The lowest BCUT2D eigenvalue weighted by Crippen LogP contribution is -2.24. The highest BCUT2D eigenvalue weighted by molar-refractivity contribution is 5.83. The molecule has 24 heavy (non-hydrogen) atoms. The van der Waals surface area contributed by atoms with E-state index in [-0.39, 0.29) is 5.92 Å². The van der Waals surface area contributed by atoms with Crippen molar-refractivity contribution in [3.05, 3.63) is 23.0 Å². The second-order valence-electron chi connectivity index (χ2n) is 7.19. The van der Waals surface area contributed by atoms with Gasteiger partial charge in [0.2, 0.25) is 11.7 Å². The molecule has 2 fully saturated rings. The number of anilines is 1. The van der Waals surface area contributed by atoms with E-state index in [0.29, 0.717) is 47.8 Å². The van der Waals surface area contributed by atoms with Gasteiger partial charge in [0.25, 0.3) is 0 Å². The Morgan fingerprint density at radius 1 is 1.38 bits per heavy atom. The van der Waals surface area contributed by atoms with Crippen molar-refractivity contribution in [1.29, 1.82) is 0 Å². The molecule has 2 atom stereocenters. The van der Waals surface area contributed by atoms with Crippen molar-refractivity contribution < 1.29 is 14.4 Å². The van der Waals surface area contributed by atoms with Crippen LogP contribution in [-0.2, 0) is 12.6 Å². The summed E-state index contributed by atoms with van der Waals surface area (Å²) in [5.41, 5.74) is 6.21. The lowest BCUT2D eigenvalue weighted by molar-refractivity contribution is 0.0232. The number of aliphatic hydroxyl groups is 1. The molecule has 0 spiro atoms. The number of rotatable bonds is 3. The van der Waals surface area contributed by atoms with Gasteiger partial charge in [0.1, 0.15) is 11.4 Å². The van der Waals surface area contributed by atoms with E-state index in [2.05, 4.69) is 15.2 Å². The third kappa shape index (κ3) is 2.16. The minimum Gasteiger partial charge on any atom is -0.383 e. The van der Waals surface area contributed by atoms with Gasteiger partial charge in [0, 0.05) is 19.9 Å². The molecule has 2 saturated carbocycles. The molecule has 0 bridgehead atoms. The molecule has 3 N–H and O–H groups in total. The number of nitrogen functional groups attached to an aromatic ring is 1. The summed E-state index contributed by atoms with van der Waals surface area (Å²) in [5, 5.41) is 19.3. The standard InChI is InChI=1S/C16H21N5O3/c1-8-18-15(20-24-8)16(23)5-10-3-9(4-11(10)6-16)13-12(7-22)14(17)21(2)19-13/h7,9-11,23H,3-6,17H2,1-2H3. The van der Waals surface area contributed by atoms with Crippen LogP contribution in [0.25, 0.3) is 0 Å². The predicted molar refractivity (Wildman–Crippen MR) is 84.1 cm³/mol. The molecule has 2 aliphatic carbocycles. The van der Waals surface area contributed by atoms with Gasteiger partial charge in [-0.05, 0) is 37.5 Å². The second kappa shape index (κ2) is 5.14. The monoisotopic (exact) mass is 331 g/mol. The summed E-state index contributed by atoms with van der Waals surface area (Å²) in [7, 11) is 1.75. The van der Waals surface area contributed by atoms with Gasteiger partial charge in [-0.25, -0.2) is 0 Å². The van der Waals surface area contributed by atoms with Gasteiger partial charge < -0.3 is 15.4 Å².